The summed E-state index contributed by atoms with van der Waals surface area (Å²) in [5, 5.41) is 3.69. The molecular formula is C16H22ClN3O2. The van der Waals surface area contributed by atoms with Gasteiger partial charge in [-0.05, 0) is 37.3 Å². The second kappa shape index (κ2) is 7.01. The first-order valence-electron chi connectivity index (χ1n) is 7.33. The van der Waals surface area contributed by atoms with Crippen molar-refractivity contribution >= 4 is 23.4 Å². The van der Waals surface area contributed by atoms with Gasteiger partial charge in [0.05, 0.1) is 0 Å². The van der Waals surface area contributed by atoms with E-state index in [2.05, 4.69) is 33.6 Å². The monoisotopic (exact) mass is 323 g/mol. The highest BCUT2D eigenvalue weighted by Crippen LogP contribution is 2.52. The van der Waals surface area contributed by atoms with Gasteiger partial charge in [0, 0.05) is 24.7 Å². The molecule has 0 aromatic rings. The first kappa shape index (κ1) is 16.6. The Morgan fingerprint density at radius 2 is 2.14 bits per heavy atom. The lowest BCUT2D eigenvalue weighted by Gasteiger charge is -2.23. The lowest BCUT2D eigenvalue weighted by Crippen LogP contribution is -2.28. The summed E-state index contributed by atoms with van der Waals surface area (Å²) >= 11 is 5.34. The Labute approximate surface area is 136 Å². The smallest absolute Gasteiger partial charge is 0.349 e. The number of nitrogens with two attached hydrogens (primary N) is 1. The molecule has 2 aliphatic rings. The number of carbonyl (C=O) groups excluding carboxylic acids is 1. The number of halogens is 1. The maximum atomic E-state index is 11.0. The van der Waals surface area contributed by atoms with Crippen LogP contribution in [0.25, 0.3) is 0 Å². The van der Waals surface area contributed by atoms with Crippen LogP contribution in [0.3, 0.4) is 0 Å². The van der Waals surface area contributed by atoms with Crippen molar-refractivity contribution in [3.05, 3.63) is 36.1 Å². The molecule has 1 saturated heterocycles. The summed E-state index contributed by atoms with van der Waals surface area (Å²) in [7, 11) is 0. The zero-order chi connectivity index (χ0) is 16.3. The van der Waals surface area contributed by atoms with Gasteiger partial charge >= 0.3 is 5.97 Å². The van der Waals surface area contributed by atoms with Crippen LogP contribution in [0.1, 0.15) is 13.8 Å². The number of nitrogens with zero attached hydrogens (tertiary/aromatic N) is 2. The van der Waals surface area contributed by atoms with Gasteiger partial charge in [0.15, 0.2) is 0 Å². The summed E-state index contributed by atoms with van der Waals surface area (Å²) in [6, 6.07) is 0. The Morgan fingerprint density at radius 1 is 1.50 bits per heavy atom. The van der Waals surface area contributed by atoms with Crippen molar-refractivity contribution in [3.63, 3.8) is 0 Å². The fourth-order valence-corrected chi connectivity index (χ4v) is 3.06. The van der Waals surface area contributed by atoms with Gasteiger partial charge in [-0.15, -0.1) is 11.6 Å². The summed E-state index contributed by atoms with van der Waals surface area (Å²) < 4.78 is 0. The summed E-state index contributed by atoms with van der Waals surface area (Å²) in [6.45, 7) is 9.72. The average molecular weight is 324 g/mol. The van der Waals surface area contributed by atoms with Crippen LogP contribution >= 0.6 is 11.6 Å². The van der Waals surface area contributed by atoms with Crippen LogP contribution < -0.4 is 5.73 Å². The molecule has 120 valence electrons. The van der Waals surface area contributed by atoms with Gasteiger partial charge in [-0.25, -0.2) is 4.79 Å². The quantitative estimate of drug-likeness (QED) is 0.203. The van der Waals surface area contributed by atoms with E-state index in [0.717, 1.165) is 18.7 Å². The normalized spacial score (nSPS) is 28.4. The molecule has 22 heavy (non-hydrogen) atoms. The van der Waals surface area contributed by atoms with Crippen LogP contribution in [-0.2, 0) is 9.63 Å². The number of hydrogen-bond donors (Lipinski definition) is 1. The van der Waals surface area contributed by atoms with Gasteiger partial charge in [-0.3, -0.25) is 0 Å². The van der Waals surface area contributed by atoms with Gasteiger partial charge in [0.2, 0.25) is 0 Å². The van der Waals surface area contributed by atoms with E-state index in [1.54, 1.807) is 0 Å². The molecule has 6 heteroatoms. The molecule has 0 amide bonds. The molecule has 0 bridgehead atoms. The number of likely N-dealkylation sites (tertiary alicyclic amines) is 1. The Kier molecular flexibility index (Phi) is 5.29. The van der Waals surface area contributed by atoms with Gasteiger partial charge in [0.1, 0.15) is 11.7 Å². The molecule has 2 rings (SSSR count). The number of carbonyl (C=O) groups is 1. The standard InChI is InChI=1S/C16H22ClN3O2/c1-4-10(3)6-11(5-2)20-8-12-13(9-20)15(12)16(18)19-22-14(21)7-17/h4-6,12-13,15H,1,7-9H2,2-3H3,(H2,18,19)/b10-6-,11-5+. The van der Waals surface area contributed by atoms with Crippen molar-refractivity contribution in [3.8, 4) is 0 Å². The van der Waals surface area contributed by atoms with Crippen molar-refractivity contribution in [2.24, 2.45) is 28.6 Å². The molecule has 2 atom stereocenters. The zero-order valence-corrected chi connectivity index (χ0v) is 13.7. The molecule has 0 aromatic heterocycles. The molecule has 1 saturated carbocycles. The lowest BCUT2D eigenvalue weighted by atomic mass is 10.2. The molecule has 0 aromatic carbocycles. The molecule has 2 N–H and O–H groups in total. The number of rotatable bonds is 6. The predicted molar refractivity (Wildman–Crippen MR) is 88.2 cm³/mol. The van der Waals surface area contributed by atoms with Gasteiger partial charge in [-0.2, -0.15) is 0 Å². The van der Waals surface area contributed by atoms with Crippen molar-refractivity contribution in [2.45, 2.75) is 13.8 Å². The predicted octanol–water partition coefficient (Wildman–Crippen LogP) is 2.25. The third-order valence-electron chi connectivity index (χ3n) is 4.26. The summed E-state index contributed by atoms with van der Waals surface area (Å²) in [6.07, 6.45) is 6.08. The van der Waals surface area contributed by atoms with Crippen LogP contribution in [0.2, 0.25) is 0 Å². The summed E-state index contributed by atoms with van der Waals surface area (Å²) in [4.78, 5) is 17.9. The van der Waals surface area contributed by atoms with E-state index in [9.17, 15) is 4.79 Å². The lowest BCUT2D eigenvalue weighted by molar-refractivity contribution is -0.140. The number of oxime groups is 1. The van der Waals surface area contributed by atoms with Gasteiger partial charge in [-0.1, -0.05) is 23.9 Å². The minimum atomic E-state index is -0.585. The summed E-state index contributed by atoms with van der Waals surface area (Å²) in [5.41, 5.74) is 8.24. The van der Waals surface area contributed by atoms with E-state index in [1.165, 1.54) is 5.70 Å². The fraction of sp³-hybridized carbons (Fsp3) is 0.500. The zero-order valence-electron chi connectivity index (χ0n) is 13.0. The highest BCUT2D eigenvalue weighted by molar-refractivity contribution is 6.26. The highest BCUT2D eigenvalue weighted by Gasteiger charge is 2.58. The average Bonchev–Trinajstić information content (AvgIpc) is 3.03. The Morgan fingerprint density at radius 3 is 2.64 bits per heavy atom. The third-order valence-corrected chi connectivity index (χ3v) is 4.47. The number of fused-ring (bicyclic) bond motifs is 1. The maximum Gasteiger partial charge on any atom is 0.349 e. The van der Waals surface area contributed by atoms with E-state index in [0.29, 0.717) is 17.7 Å². The Balaban J connectivity index is 1.91. The van der Waals surface area contributed by atoms with E-state index in [-0.39, 0.29) is 11.8 Å². The maximum absolute atomic E-state index is 11.0. The first-order valence-corrected chi connectivity index (χ1v) is 7.86. The minimum absolute atomic E-state index is 0.210. The van der Waals surface area contributed by atoms with Crippen LogP contribution in [0, 0.1) is 17.8 Å². The van der Waals surface area contributed by atoms with Crippen molar-refractivity contribution in [1.82, 2.24) is 4.90 Å². The van der Waals surface area contributed by atoms with E-state index in [1.807, 2.05) is 19.9 Å². The van der Waals surface area contributed by atoms with Crippen molar-refractivity contribution in [2.75, 3.05) is 19.0 Å². The second-order valence-electron chi connectivity index (χ2n) is 5.68. The molecule has 5 nitrogen and oxygen atoms in total. The number of hydrogen-bond acceptors (Lipinski definition) is 4. The number of piperidine rings is 1. The molecule has 2 unspecified atom stereocenters. The topological polar surface area (TPSA) is 67.9 Å². The molecular weight excluding hydrogens is 302 g/mol. The number of amidine groups is 1. The van der Waals surface area contributed by atoms with Crippen LogP contribution in [0.5, 0.6) is 0 Å². The SMILES string of the molecule is C=C/C(C)=C\C(=C/C)N1CC2C(C1)C2/C(N)=N/OC(=O)CCl. The van der Waals surface area contributed by atoms with Gasteiger partial charge in [0.25, 0.3) is 0 Å². The molecule has 0 spiro atoms. The molecule has 2 fully saturated rings. The minimum Gasteiger partial charge on any atom is -0.384 e. The van der Waals surface area contributed by atoms with Crippen molar-refractivity contribution in [1.29, 1.82) is 0 Å². The molecule has 1 heterocycles. The van der Waals surface area contributed by atoms with Crippen LogP contribution in [-0.4, -0.2) is 35.7 Å². The number of alkyl halides is 1. The van der Waals surface area contributed by atoms with Crippen LogP contribution in [0.4, 0.5) is 0 Å². The first-order chi connectivity index (χ1) is 10.5. The fourth-order valence-electron chi connectivity index (χ4n) is 3.01. The molecule has 1 aliphatic carbocycles. The second-order valence-corrected chi connectivity index (χ2v) is 5.94. The van der Waals surface area contributed by atoms with Crippen molar-refractivity contribution < 1.29 is 9.63 Å². The summed E-state index contributed by atoms with van der Waals surface area (Å²) in [5.74, 6) is 0.756. The van der Waals surface area contributed by atoms with E-state index in [4.69, 9.17) is 17.3 Å². The van der Waals surface area contributed by atoms with Gasteiger partial charge < -0.3 is 15.5 Å². The largest absolute Gasteiger partial charge is 0.384 e. The van der Waals surface area contributed by atoms with E-state index >= 15 is 0 Å². The highest BCUT2D eigenvalue weighted by atomic mass is 35.5. The van der Waals surface area contributed by atoms with Crippen LogP contribution in [0.15, 0.2) is 41.2 Å². The molecule has 1 aliphatic heterocycles. The van der Waals surface area contributed by atoms with E-state index < -0.39 is 5.97 Å². The third kappa shape index (κ3) is 3.53. The number of allylic oxidation sites excluding steroid dienone is 4. The Bertz CT molecular complexity index is 542. The molecule has 0 radical (unpaired) electrons. The Hall–Kier alpha value is -1.75.